The van der Waals surface area contributed by atoms with E-state index in [9.17, 15) is 0 Å². The zero-order chi connectivity index (χ0) is 13.5. The predicted octanol–water partition coefficient (Wildman–Crippen LogP) is 2.39. The van der Waals surface area contributed by atoms with Crippen LogP contribution in [0.3, 0.4) is 0 Å². The van der Waals surface area contributed by atoms with Crippen LogP contribution in [-0.4, -0.2) is 37.2 Å². The Balaban J connectivity index is 1.81. The molecule has 1 saturated heterocycles. The van der Waals surface area contributed by atoms with E-state index in [-0.39, 0.29) is 0 Å². The maximum atomic E-state index is 5.84. The standard InChI is InChI=1S/C15H26N2O2/c1-3-16-10-13-7-8-15(19-13)12-17(4-2)11-14-6-5-9-18-14/h7-8,14,16H,3-6,9-12H2,1-2H3. The van der Waals surface area contributed by atoms with Crippen LogP contribution in [0.2, 0.25) is 0 Å². The minimum Gasteiger partial charge on any atom is -0.463 e. The van der Waals surface area contributed by atoms with Crippen LogP contribution < -0.4 is 5.32 Å². The van der Waals surface area contributed by atoms with Crippen LogP contribution in [0.5, 0.6) is 0 Å². The van der Waals surface area contributed by atoms with E-state index in [2.05, 4.69) is 36.2 Å². The van der Waals surface area contributed by atoms with Gasteiger partial charge in [-0.3, -0.25) is 4.90 Å². The molecular formula is C15H26N2O2. The van der Waals surface area contributed by atoms with Crippen molar-refractivity contribution in [3.8, 4) is 0 Å². The smallest absolute Gasteiger partial charge is 0.118 e. The van der Waals surface area contributed by atoms with E-state index in [0.29, 0.717) is 6.10 Å². The van der Waals surface area contributed by atoms with E-state index in [1.54, 1.807) is 0 Å². The number of nitrogens with zero attached hydrogens (tertiary/aromatic N) is 1. The van der Waals surface area contributed by atoms with Gasteiger partial charge in [-0.2, -0.15) is 0 Å². The molecule has 1 aliphatic rings. The van der Waals surface area contributed by atoms with E-state index in [0.717, 1.165) is 50.9 Å². The fourth-order valence-electron chi connectivity index (χ4n) is 2.45. The second kappa shape index (κ2) is 7.68. The van der Waals surface area contributed by atoms with Crippen molar-refractivity contribution in [1.82, 2.24) is 10.2 Å². The molecule has 1 unspecified atom stereocenters. The van der Waals surface area contributed by atoms with Gasteiger partial charge >= 0.3 is 0 Å². The normalized spacial score (nSPS) is 19.4. The number of likely N-dealkylation sites (N-methyl/N-ethyl adjacent to an activating group) is 1. The molecule has 1 aliphatic heterocycles. The van der Waals surface area contributed by atoms with Crippen molar-refractivity contribution in [2.45, 2.75) is 45.9 Å². The lowest BCUT2D eigenvalue weighted by Crippen LogP contribution is -2.31. The molecule has 1 aromatic heterocycles. The molecule has 0 bridgehead atoms. The van der Waals surface area contributed by atoms with Crippen molar-refractivity contribution in [2.75, 3.05) is 26.2 Å². The molecule has 0 saturated carbocycles. The Morgan fingerprint density at radius 2 is 2.16 bits per heavy atom. The third-order valence-corrected chi connectivity index (χ3v) is 3.58. The first-order valence-corrected chi connectivity index (χ1v) is 7.44. The van der Waals surface area contributed by atoms with E-state index < -0.39 is 0 Å². The first kappa shape index (κ1) is 14.6. The Labute approximate surface area is 116 Å². The zero-order valence-corrected chi connectivity index (χ0v) is 12.2. The Bertz CT molecular complexity index is 359. The van der Waals surface area contributed by atoms with Gasteiger partial charge in [0.15, 0.2) is 0 Å². The average molecular weight is 266 g/mol. The van der Waals surface area contributed by atoms with Crippen LogP contribution >= 0.6 is 0 Å². The number of hydrogen-bond donors (Lipinski definition) is 1. The summed E-state index contributed by atoms with van der Waals surface area (Å²) in [5.41, 5.74) is 0. The van der Waals surface area contributed by atoms with Gasteiger partial charge in [0.05, 0.1) is 19.2 Å². The minimum atomic E-state index is 0.413. The molecule has 4 nitrogen and oxygen atoms in total. The summed E-state index contributed by atoms with van der Waals surface area (Å²) in [4.78, 5) is 2.39. The number of ether oxygens (including phenoxy) is 1. The number of hydrogen-bond acceptors (Lipinski definition) is 4. The lowest BCUT2D eigenvalue weighted by molar-refractivity contribution is 0.0701. The van der Waals surface area contributed by atoms with Gasteiger partial charge in [0.25, 0.3) is 0 Å². The minimum absolute atomic E-state index is 0.413. The first-order chi connectivity index (χ1) is 9.31. The monoisotopic (exact) mass is 266 g/mol. The number of nitrogens with one attached hydrogen (secondary N) is 1. The van der Waals surface area contributed by atoms with Gasteiger partial charge in [0, 0.05) is 13.2 Å². The summed E-state index contributed by atoms with van der Waals surface area (Å²) in [7, 11) is 0. The molecule has 1 fully saturated rings. The van der Waals surface area contributed by atoms with Gasteiger partial charge in [-0.05, 0) is 38.1 Å². The fraction of sp³-hybridized carbons (Fsp3) is 0.733. The summed E-state index contributed by atoms with van der Waals surface area (Å²) in [6, 6.07) is 4.16. The van der Waals surface area contributed by atoms with Crippen LogP contribution in [0.25, 0.3) is 0 Å². The Kier molecular flexibility index (Phi) is 5.89. The lowest BCUT2D eigenvalue weighted by atomic mass is 10.2. The molecule has 4 heteroatoms. The predicted molar refractivity (Wildman–Crippen MR) is 76.0 cm³/mol. The van der Waals surface area contributed by atoms with Gasteiger partial charge in [0.1, 0.15) is 11.5 Å². The van der Waals surface area contributed by atoms with Crippen molar-refractivity contribution in [3.63, 3.8) is 0 Å². The Hall–Kier alpha value is -0.840. The maximum absolute atomic E-state index is 5.84. The average Bonchev–Trinajstić information content (AvgIpc) is 3.07. The summed E-state index contributed by atoms with van der Waals surface area (Å²) >= 11 is 0. The molecule has 0 aromatic carbocycles. The van der Waals surface area contributed by atoms with Gasteiger partial charge in [0.2, 0.25) is 0 Å². The van der Waals surface area contributed by atoms with Crippen LogP contribution in [0.4, 0.5) is 0 Å². The molecule has 0 spiro atoms. The molecule has 108 valence electrons. The Morgan fingerprint density at radius 3 is 2.84 bits per heavy atom. The van der Waals surface area contributed by atoms with E-state index in [1.165, 1.54) is 12.8 Å². The molecule has 0 amide bonds. The van der Waals surface area contributed by atoms with Gasteiger partial charge < -0.3 is 14.5 Å². The molecule has 2 rings (SSSR count). The Morgan fingerprint density at radius 1 is 1.32 bits per heavy atom. The maximum Gasteiger partial charge on any atom is 0.118 e. The van der Waals surface area contributed by atoms with Crippen molar-refractivity contribution in [3.05, 3.63) is 23.7 Å². The van der Waals surface area contributed by atoms with Crippen molar-refractivity contribution in [2.24, 2.45) is 0 Å². The van der Waals surface area contributed by atoms with E-state index >= 15 is 0 Å². The van der Waals surface area contributed by atoms with Crippen molar-refractivity contribution >= 4 is 0 Å². The summed E-state index contributed by atoms with van der Waals surface area (Å²) in [6.45, 7) is 9.92. The van der Waals surface area contributed by atoms with Crippen LogP contribution in [0.1, 0.15) is 38.2 Å². The molecule has 0 radical (unpaired) electrons. The lowest BCUT2D eigenvalue weighted by Gasteiger charge is -2.22. The van der Waals surface area contributed by atoms with Crippen LogP contribution in [-0.2, 0) is 17.8 Å². The first-order valence-electron chi connectivity index (χ1n) is 7.44. The molecule has 0 aliphatic carbocycles. The van der Waals surface area contributed by atoms with Crippen molar-refractivity contribution < 1.29 is 9.15 Å². The van der Waals surface area contributed by atoms with E-state index in [1.807, 2.05) is 0 Å². The second-order valence-electron chi connectivity index (χ2n) is 5.11. The molecule has 19 heavy (non-hydrogen) atoms. The highest BCUT2D eigenvalue weighted by atomic mass is 16.5. The topological polar surface area (TPSA) is 37.6 Å². The molecule has 1 aromatic rings. The molecule has 1 atom stereocenters. The highest BCUT2D eigenvalue weighted by Gasteiger charge is 2.19. The van der Waals surface area contributed by atoms with Crippen molar-refractivity contribution in [1.29, 1.82) is 0 Å². The molecule has 2 heterocycles. The summed E-state index contributed by atoms with van der Waals surface area (Å²) < 4.78 is 11.5. The number of furan rings is 1. The summed E-state index contributed by atoms with van der Waals surface area (Å²) in [5.74, 6) is 2.07. The highest BCUT2D eigenvalue weighted by Crippen LogP contribution is 2.16. The van der Waals surface area contributed by atoms with Gasteiger partial charge in [-0.15, -0.1) is 0 Å². The van der Waals surface area contributed by atoms with Gasteiger partial charge in [-0.25, -0.2) is 0 Å². The molecular weight excluding hydrogens is 240 g/mol. The zero-order valence-electron chi connectivity index (χ0n) is 12.2. The molecule has 1 N–H and O–H groups in total. The summed E-state index contributed by atoms with van der Waals surface area (Å²) in [5, 5.41) is 3.28. The SMILES string of the molecule is CCNCc1ccc(CN(CC)CC2CCCO2)o1. The van der Waals surface area contributed by atoms with Crippen LogP contribution in [0, 0.1) is 0 Å². The number of rotatable bonds is 8. The largest absolute Gasteiger partial charge is 0.463 e. The fourth-order valence-corrected chi connectivity index (χ4v) is 2.45. The third kappa shape index (κ3) is 4.64. The second-order valence-corrected chi connectivity index (χ2v) is 5.11. The summed E-state index contributed by atoms with van der Waals surface area (Å²) in [6.07, 6.45) is 2.81. The van der Waals surface area contributed by atoms with Crippen LogP contribution in [0.15, 0.2) is 16.5 Å². The van der Waals surface area contributed by atoms with Gasteiger partial charge in [-0.1, -0.05) is 13.8 Å². The van der Waals surface area contributed by atoms with E-state index in [4.69, 9.17) is 9.15 Å². The highest BCUT2D eigenvalue weighted by molar-refractivity contribution is 5.07. The quantitative estimate of drug-likeness (QED) is 0.784. The third-order valence-electron chi connectivity index (χ3n) is 3.58.